The summed E-state index contributed by atoms with van der Waals surface area (Å²) in [6.07, 6.45) is 6.20. The highest BCUT2D eigenvalue weighted by molar-refractivity contribution is 5.98. The molecule has 10 nitrogen and oxygen atoms in total. The summed E-state index contributed by atoms with van der Waals surface area (Å²) in [7, 11) is 0. The zero-order valence-corrected chi connectivity index (χ0v) is 24.2. The van der Waals surface area contributed by atoms with Gasteiger partial charge in [0.1, 0.15) is 11.6 Å². The molecule has 0 saturated carbocycles. The number of morpholine rings is 1. The number of aliphatic hydroxyl groups excluding tert-OH is 1. The SMILES string of the molecule is C=CCCCOC(=O)[C@@H]1[C@@H]2CCC3(O2)C(C(=O)N(CC=C)CCN2CCOCC2)N([C@@H](CO)[C@@H](C)CC)C(=O)[C@H]13. The maximum absolute atomic E-state index is 14.5. The lowest BCUT2D eigenvalue weighted by molar-refractivity contribution is -0.157. The van der Waals surface area contributed by atoms with Crippen molar-refractivity contribution in [1.29, 1.82) is 0 Å². The molecule has 40 heavy (non-hydrogen) atoms. The van der Waals surface area contributed by atoms with Gasteiger partial charge >= 0.3 is 5.97 Å². The van der Waals surface area contributed by atoms with E-state index in [1.807, 2.05) is 13.8 Å². The van der Waals surface area contributed by atoms with Crippen LogP contribution in [0, 0.1) is 17.8 Å². The van der Waals surface area contributed by atoms with Crippen LogP contribution in [0.2, 0.25) is 0 Å². The molecule has 4 rings (SSSR count). The second-order valence-electron chi connectivity index (χ2n) is 11.6. The molecule has 0 aliphatic carbocycles. The van der Waals surface area contributed by atoms with Crippen LogP contribution in [0.4, 0.5) is 0 Å². The second-order valence-corrected chi connectivity index (χ2v) is 11.6. The predicted octanol–water partition coefficient (Wildman–Crippen LogP) is 1.62. The number of aliphatic hydroxyl groups is 1. The fraction of sp³-hybridized carbons (Fsp3) is 0.767. The van der Waals surface area contributed by atoms with E-state index in [9.17, 15) is 19.5 Å². The number of carbonyl (C=O) groups is 3. The third kappa shape index (κ3) is 5.73. The topological polar surface area (TPSA) is 109 Å². The van der Waals surface area contributed by atoms with Gasteiger partial charge in [-0.15, -0.1) is 13.2 Å². The number of nitrogens with zero attached hydrogens (tertiary/aromatic N) is 3. The minimum Gasteiger partial charge on any atom is -0.465 e. The minimum absolute atomic E-state index is 0.0535. The highest BCUT2D eigenvalue weighted by Crippen LogP contribution is 2.59. The number of amides is 2. The van der Waals surface area contributed by atoms with Crippen molar-refractivity contribution in [3.8, 4) is 0 Å². The lowest BCUT2D eigenvalue weighted by Crippen LogP contribution is -2.60. The fourth-order valence-electron chi connectivity index (χ4n) is 7.01. The number of allylic oxidation sites excluding steroid dienone is 1. The highest BCUT2D eigenvalue weighted by Gasteiger charge is 2.75. The molecule has 2 amide bonds. The van der Waals surface area contributed by atoms with Crippen LogP contribution in [0.15, 0.2) is 25.3 Å². The van der Waals surface area contributed by atoms with Gasteiger partial charge in [0.15, 0.2) is 0 Å². The monoisotopic (exact) mass is 561 g/mol. The quantitative estimate of drug-likeness (QED) is 0.183. The first-order chi connectivity index (χ1) is 19.3. The van der Waals surface area contributed by atoms with Gasteiger partial charge in [0.25, 0.3) is 0 Å². The van der Waals surface area contributed by atoms with Crippen LogP contribution in [-0.2, 0) is 28.6 Å². The van der Waals surface area contributed by atoms with Crippen LogP contribution in [0.25, 0.3) is 0 Å². The number of rotatable bonds is 15. The summed E-state index contributed by atoms with van der Waals surface area (Å²) in [4.78, 5) is 47.7. The van der Waals surface area contributed by atoms with Crippen molar-refractivity contribution in [3.63, 3.8) is 0 Å². The van der Waals surface area contributed by atoms with E-state index >= 15 is 0 Å². The molecule has 4 aliphatic heterocycles. The molecule has 1 spiro atoms. The average molecular weight is 562 g/mol. The van der Waals surface area contributed by atoms with E-state index in [-0.39, 0.29) is 30.9 Å². The molecule has 4 heterocycles. The number of ether oxygens (including phenoxy) is 3. The standard InChI is InChI=1S/C30H47N3O7/c1-5-8-9-17-39-29(37)24-23-10-11-30(40-23)25(24)27(35)33(22(20-34)21(4)7-3)26(30)28(36)32(12-6-2)14-13-31-15-18-38-19-16-31/h5-6,21-26,34H,1-2,7-20H2,3-4H3/t21-,22-,23-,24+,25-,26?,30?/m0/s1. The molecule has 4 saturated heterocycles. The third-order valence-electron chi connectivity index (χ3n) is 9.34. The Kier molecular flexibility index (Phi) is 10.4. The summed E-state index contributed by atoms with van der Waals surface area (Å²) >= 11 is 0. The van der Waals surface area contributed by atoms with Crippen LogP contribution >= 0.6 is 0 Å². The van der Waals surface area contributed by atoms with E-state index in [4.69, 9.17) is 14.2 Å². The van der Waals surface area contributed by atoms with Gasteiger partial charge in [0.05, 0.1) is 50.4 Å². The molecule has 0 aromatic heterocycles. The number of hydrogen-bond acceptors (Lipinski definition) is 8. The Hall–Kier alpha value is -2.27. The Labute approximate surface area is 238 Å². The Balaban J connectivity index is 1.65. The number of likely N-dealkylation sites (tertiary alicyclic amines) is 1. The van der Waals surface area contributed by atoms with Gasteiger partial charge in [-0.05, 0) is 31.6 Å². The largest absolute Gasteiger partial charge is 0.465 e. The number of fused-ring (bicyclic) bond motifs is 1. The van der Waals surface area contributed by atoms with Crippen LogP contribution in [-0.4, -0.2) is 121 Å². The molecule has 224 valence electrons. The van der Waals surface area contributed by atoms with E-state index in [1.54, 1.807) is 22.0 Å². The van der Waals surface area contributed by atoms with Crippen molar-refractivity contribution < 1.29 is 33.7 Å². The Morgan fingerprint density at radius 2 is 2.02 bits per heavy atom. The van der Waals surface area contributed by atoms with Crippen LogP contribution in [0.1, 0.15) is 46.0 Å². The smallest absolute Gasteiger partial charge is 0.312 e. The van der Waals surface area contributed by atoms with Crippen molar-refractivity contribution in [2.75, 3.05) is 59.2 Å². The van der Waals surface area contributed by atoms with Crippen LogP contribution < -0.4 is 0 Å². The van der Waals surface area contributed by atoms with E-state index < -0.39 is 41.6 Å². The van der Waals surface area contributed by atoms with Gasteiger partial charge in [0, 0.05) is 32.7 Å². The molecular formula is C30H47N3O7. The first-order valence-electron chi connectivity index (χ1n) is 14.9. The van der Waals surface area contributed by atoms with Crippen molar-refractivity contribution >= 4 is 17.8 Å². The zero-order valence-electron chi connectivity index (χ0n) is 24.2. The molecule has 1 N–H and O–H groups in total. The van der Waals surface area contributed by atoms with Gasteiger partial charge in [-0.3, -0.25) is 19.3 Å². The molecule has 0 aromatic rings. The maximum Gasteiger partial charge on any atom is 0.312 e. The summed E-state index contributed by atoms with van der Waals surface area (Å²) in [6, 6.07) is -1.49. The van der Waals surface area contributed by atoms with E-state index in [0.29, 0.717) is 52.1 Å². The molecule has 0 aromatic carbocycles. The molecule has 10 heteroatoms. The number of esters is 1. The Morgan fingerprint density at radius 1 is 1.27 bits per heavy atom. The summed E-state index contributed by atoms with van der Waals surface area (Å²) in [6.45, 7) is 15.9. The van der Waals surface area contributed by atoms with Crippen LogP contribution in [0.3, 0.4) is 0 Å². The number of hydrogen-bond donors (Lipinski definition) is 1. The zero-order chi connectivity index (χ0) is 28.9. The van der Waals surface area contributed by atoms with Gasteiger partial charge in [0.2, 0.25) is 11.8 Å². The molecule has 4 aliphatic rings. The summed E-state index contributed by atoms with van der Waals surface area (Å²) in [5.41, 5.74) is -1.12. The molecule has 2 unspecified atom stereocenters. The van der Waals surface area contributed by atoms with Crippen LogP contribution in [0.5, 0.6) is 0 Å². The summed E-state index contributed by atoms with van der Waals surface area (Å²) < 4.78 is 17.6. The third-order valence-corrected chi connectivity index (χ3v) is 9.34. The normalized spacial score (nSPS) is 31.1. The molecule has 7 atom stereocenters. The lowest BCUT2D eigenvalue weighted by atomic mass is 9.70. The maximum atomic E-state index is 14.5. The first kappa shape index (κ1) is 30.7. The second kappa shape index (κ2) is 13.6. The minimum atomic E-state index is -1.12. The predicted molar refractivity (Wildman–Crippen MR) is 149 cm³/mol. The highest BCUT2D eigenvalue weighted by atomic mass is 16.6. The van der Waals surface area contributed by atoms with Crippen molar-refractivity contribution in [2.45, 2.75) is 69.7 Å². The lowest BCUT2D eigenvalue weighted by Gasteiger charge is -2.41. The van der Waals surface area contributed by atoms with Gasteiger partial charge in [-0.1, -0.05) is 32.4 Å². The Morgan fingerprint density at radius 3 is 2.67 bits per heavy atom. The fourth-order valence-corrected chi connectivity index (χ4v) is 7.01. The van der Waals surface area contributed by atoms with E-state index in [2.05, 4.69) is 18.1 Å². The average Bonchev–Trinajstić information content (AvgIpc) is 3.61. The van der Waals surface area contributed by atoms with Gasteiger partial charge < -0.3 is 29.1 Å². The van der Waals surface area contributed by atoms with Crippen molar-refractivity contribution in [2.24, 2.45) is 17.8 Å². The summed E-state index contributed by atoms with van der Waals surface area (Å²) in [5, 5.41) is 10.5. The Bertz CT molecular complexity index is 938. The molecule has 4 fully saturated rings. The first-order valence-corrected chi connectivity index (χ1v) is 14.9. The molecular weight excluding hydrogens is 514 g/mol. The van der Waals surface area contributed by atoms with Crippen molar-refractivity contribution in [3.05, 3.63) is 25.3 Å². The van der Waals surface area contributed by atoms with E-state index in [1.165, 1.54) is 0 Å². The summed E-state index contributed by atoms with van der Waals surface area (Å²) in [5.74, 6) is -2.58. The van der Waals surface area contributed by atoms with Gasteiger partial charge in [-0.25, -0.2) is 0 Å². The number of carbonyl (C=O) groups excluding carboxylic acids is 3. The van der Waals surface area contributed by atoms with Crippen molar-refractivity contribution in [1.82, 2.24) is 14.7 Å². The van der Waals surface area contributed by atoms with Gasteiger partial charge in [-0.2, -0.15) is 0 Å². The number of unbranched alkanes of at least 4 members (excludes halogenated alkanes) is 1. The van der Waals surface area contributed by atoms with E-state index in [0.717, 1.165) is 25.9 Å². The molecule has 0 radical (unpaired) electrons. The molecule has 2 bridgehead atoms.